The summed E-state index contributed by atoms with van der Waals surface area (Å²) in [5, 5.41) is 6.36. The Kier molecular flexibility index (Phi) is 7.33. The van der Waals surface area contributed by atoms with E-state index in [2.05, 4.69) is 31.4 Å². The third kappa shape index (κ3) is 5.85. The van der Waals surface area contributed by atoms with Crippen molar-refractivity contribution < 1.29 is 4.79 Å². The van der Waals surface area contributed by atoms with Gasteiger partial charge in [0.05, 0.1) is 0 Å². The highest BCUT2D eigenvalue weighted by Crippen LogP contribution is 2.30. The van der Waals surface area contributed by atoms with Crippen molar-refractivity contribution in [2.75, 3.05) is 13.1 Å². The minimum Gasteiger partial charge on any atom is -0.356 e. The first-order valence-electron chi connectivity index (χ1n) is 7.65. The fourth-order valence-corrected chi connectivity index (χ4v) is 2.87. The van der Waals surface area contributed by atoms with Gasteiger partial charge in [0.2, 0.25) is 5.91 Å². The van der Waals surface area contributed by atoms with Gasteiger partial charge in [-0.05, 0) is 38.1 Å². The molecule has 0 heterocycles. The zero-order valence-corrected chi connectivity index (χ0v) is 12.3. The van der Waals surface area contributed by atoms with Gasteiger partial charge in [-0.3, -0.25) is 4.79 Å². The Morgan fingerprint density at radius 3 is 2.33 bits per heavy atom. The van der Waals surface area contributed by atoms with Crippen molar-refractivity contribution in [2.45, 2.75) is 65.3 Å². The predicted octanol–water partition coefficient (Wildman–Crippen LogP) is 2.71. The van der Waals surface area contributed by atoms with E-state index in [-0.39, 0.29) is 11.9 Å². The average Bonchev–Trinajstić information content (AvgIpc) is 2.37. The Balaban J connectivity index is 2.11. The highest BCUT2D eigenvalue weighted by molar-refractivity contribution is 5.76. The standard InChI is InChI=1S/C15H30N2O/c1-4-13-6-8-14(9-7-13)11-17-15(18)10-12(3)16-5-2/h12-14,16H,4-11H2,1-3H3,(H,17,18). The van der Waals surface area contributed by atoms with E-state index >= 15 is 0 Å². The number of carbonyl (C=O) groups excluding carboxylic acids is 1. The van der Waals surface area contributed by atoms with E-state index in [1.54, 1.807) is 0 Å². The molecule has 3 heteroatoms. The van der Waals surface area contributed by atoms with Crippen molar-refractivity contribution in [2.24, 2.45) is 11.8 Å². The van der Waals surface area contributed by atoms with Gasteiger partial charge in [-0.25, -0.2) is 0 Å². The third-order valence-electron chi connectivity index (χ3n) is 4.18. The molecule has 18 heavy (non-hydrogen) atoms. The number of rotatable bonds is 7. The minimum atomic E-state index is 0.195. The average molecular weight is 254 g/mol. The fourth-order valence-electron chi connectivity index (χ4n) is 2.87. The molecule has 1 fully saturated rings. The smallest absolute Gasteiger partial charge is 0.221 e. The van der Waals surface area contributed by atoms with Gasteiger partial charge in [0, 0.05) is 19.0 Å². The van der Waals surface area contributed by atoms with Crippen molar-refractivity contribution in [3.63, 3.8) is 0 Å². The highest BCUT2D eigenvalue weighted by atomic mass is 16.1. The molecular weight excluding hydrogens is 224 g/mol. The molecule has 0 aromatic heterocycles. The summed E-state index contributed by atoms with van der Waals surface area (Å²) in [6.07, 6.45) is 7.20. The molecule has 1 rings (SSSR count). The molecule has 0 aromatic carbocycles. The summed E-state index contributed by atoms with van der Waals surface area (Å²) >= 11 is 0. The molecule has 0 radical (unpaired) electrons. The van der Waals surface area contributed by atoms with Crippen molar-refractivity contribution in [1.82, 2.24) is 10.6 Å². The van der Waals surface area contributed by atoms with Gasteiger partial charge in [-0.2, -0.15) is 0 Å². The van der Waals surface area contributed by atoms with Crippen molar-refractivity contribution in [1.29, 1.82) is 0 Å². The second kappa shape index (κ2) is 8.52. The van der Waals surface area contributed by atoms with Gasteiger partial charge in [-0.1, -0.05) is 33.1 Å². The highest BCUT2D eigenvalue weighted by Gasteiger charge is 2.20. The molecule has 1 saturated carbocycles. The molecule has 2 N–H and O–H groups in total. The van der Waals surface area contributed by atoms with E-state index in [1.807, 2.05) is 0 Å². The zero-order chi connectivity index (χ0) is 13.4. The van der Waals surface area contributed by atoms with E-state index in [4.69, 9.17) is 0 Å². The maximum Gasteiger partial charge on any atom is 0.221 e. The van der Waals surface area contributed by atoms with E-state index in [9.17, 15) is 4.79 Å². The summed E-state index contributed by atoms with van der Waals surface area (Å²) in [7, 11) is 0. The number of nitrogens with one attached hydrogen (secondary N) is 2. The summed E-state index contributed by atoms with van der Waals surface area (Å²) in [6, 6.07) is 0.283. The molecule has 0 bridgehead atoms. The number of hydrogen-bond acceptors (Lipinski definition) is 2. The lowest BCUT2D eigenvalue weighted by molar-refractivity contribution is -0.121. The first kappa shape index (κ1) is 15.5. The van der Waals surface area contributed by atoms with Crippen molar-refractivity contribution in [3.05, 3.63) is 0 Å². The normalized spacial score (nSPS) is 25.7. The zero-order valence-electron chi connectivity index (χ0n) is 12.3. The molecule has 0 aromatic rings. The van der Waals surface area contributed by atoms with Crippen LogP contribution in [0.25, 0.3) is 0 Å². The van der Waals surface area contributed by atoms with E-state index in [1.165, 1.54) is 32.1 Å². The van der Waals surface area contributed by atoms with E-state index in [0.29, 0.717) is 12.3 Å². The number of amides is 1. The van der Waals surface area contributed by atoms with Crippen LogP contribution in [0.3, 0.4) is 0 Å². The maximum atomic E-state index is 11.7. The molecule has 0 saturated heterocycles. The summed E-state index contributed by atoms with van der Waals surface area (Å²) in [4.78, 5) is 11.7. The summed E-state index contributed by atoms with van der Waals surface area (Å²) in [5.74, 6) is 1.85. The summed E-state index contributed by atoms with van der Waals surface area (Å²) in [5.41, 5.74) is 0. The molecule has 1 atom stereocenters. The van der Waals surface area contributed by atoms with Crippen molar-refractivity contribution >= 4 is 5.91 Å². The number of carbonyl (C=O) groups is 1. The molecule has 1 aliphatic rings. The minimum absolute atomic E-state index is 0.195. The molecule has 0 spiro atoms. The number of hydrogen-bond donors (Lipinski definition) is 2. The van der Waals surface area contributed by atoms with E-state index in [0.717, 1.165) is 19.0 Å². The fraction of sp³-hybridized carbons (Fsp3) is 0.933. The lowest BCUT2D eigenvalue weighted by Gasteiger charge is -2.28. The monoisotopic (exact) mass is 254 g/mol. The Bertz CT molecular complexity index is 235. The molecule has 3 nitrogen and oxygen atoms in total. The predicted molar refractivity (Wildman–Crippen MR) is 76.5 cm³/mol. The molecule has 106 valence electrons. The third-order valence-corrected chi connectivity index (χ3v) is 4.18. The van der Waals surface area contributed by atoms with Gasteiger partial charge < -0.3 is 10.6 Å². The Labute approximate surface area is 112 Å². The van der Waals surface area contributed by atoms with Crippen molar-refractivity contribution in [3.8, 4) is 0 Å². The Morgan fingerprint density at radius 1 is 1.17 bits per heavy atom. The molecule has 1 unspecified atom stereocenters. The van der Waals surface area contributed by atoms with Crippen LogP contribution < -0.4 is 10.6 Å². The lowest BCUT2D eigenvalue weighted by Crippen LogP contribution is -2.36. The van der Waals surface area contributed by atoms with Crippen LogP contribution in [0.4, 0.5) is 0 Å². The first-order chi connectivity index (χ1) is 8.65. The second-order valence-electron chi connectivity index (χ2n) is 5.76. The van der Waals surface area contributed by atoms with Crippen LogP contribution in [-0.2, 0) is 4.79 Å². The van der Waals surface area contributed by atoms with Crippen LogP contribution in [0.15, 0.2) is 0 Å². The maximum absolute atomic E-state index is 11.7. The first-order valence-corrected chi connectivity index (χ1v) is 7.65. The Hall–Kier alpha value is -0.570. The van der Waals surface area contributed by atoms with Crippen LogP contribution in [-0.4, -0.2) is 25.0 Å². The molecular formula is C15H30N2O. The molecule has 1 aliphatic carbocycles. The second-order valence-corrected chi connectivity index (χ2v) is 5.76. The van der Waals surface area contributed by atoms with E-state index < -0.39 is 0 Å². The quantitative estimate of drug-likeness (QED) is 0.733. The lowest BCUT2D eigenvalue weighted by atomic mass is 9.81. The van der Waals surface area contributed by atoms with Gasteiger partial charge in [-0.15, -0.1) is 0 Å². The summed E-state index contributed by atoms with van der Waals surface area (Å²) < 4.78 is 0. The van der Waals surface area contributed by atoms with Gasteiger partial charge >= 0.3 is 0 Å². The van der Waals surface area contributed by atoms with Gasteiger partial charge in [0.15, 0.2) is 0 Å². The van der Waals surface area contributed by atoms with Crippen LogP contribution in [0.5, 0.6) is 0 Å². The molecule has 0 aliphatic heterocycles. The van der Waals surface area contributed by atoms with Crippen LogP contribution in [0.2, 0.25) is 0 Å². The topological polar surface area (TPSA) is 41.1 Å². The largest absolute Gasteiger partial charge is 0.356 e. The van der Waals surface area contributed by atoms with Crippen LogP contribution in [0.1, 0.15) is 59.3 Å². The van der Waals surface area contributed by atoms with Crippen LogP contribution in [0, 0.1) is 11.8 Å². The van der Waals surface area contributed by atoms with Gasteiger partial charge in [0.25, 0.3) is 0 Å². The van der Waals surface area contributed by atoms with Gasteiger partial charge in [0.1, 0.15) is 0 Å². The summed E-state index contributed by atoms with van der Waals surface area (Å²) in [6.45, 7) is 8.23. The SMILES string of the molecule is CCNC(C)CC(=O)NCC1CCC(CC)CC1. The Morgan fingerprint density at radius 2 is 1.78 bits per heavy atom. The van der Waals surface area contributed by atoms with Crippen LogP contribution >= 0.6 is 0 Å². The molecule has 1 amide bonds.